The molecule has 0 fully saturated rings. The zero-order valence-corrected chi connectivity index (χ0v) is 35.2. The fraction of sp³-hybridized carbons (Fsp3) is 0.857. The maximum atomic E-state index is 12.6. The molecule has 2 atom stereocenters. The second-order valence-corrected chi connectivity index (χ2v) is 16.8. The molecule has 0 aromatic rings. The van der Waals surface area contributed by atoms with Crippen LogP contribution in [0.2, 0.25) is 0 Å². The van der Waals surface area contributed by atoms with E-state index in [1.807, 2.05) is 21.1 Å². The largest absolute Gasteiger partial charge is 0.472 e. The quantitative estimate of drug-likeness (QED) is 0.0218. The molecule has 0 rings (SSSR count). The van der Waals surface area contributed by atoms with Gasteiger partial charge in [0.05, 0.1) is 27.7 Å². The van der Waals surface area contributed by atoms with Crippen LogP contribution in [0, 0.1) is 0 Å². The molecule has 0 aliphatic heterocycles. The number of allylic oxidation sites excluding steroid dienone is 4. The Morgan fingerprint density at radius 1 is 0.577 bits per heavy atom. The fourth-order valence-electron chi connectivity index (χ4n) is 5.59. The Morgan fingerprint density at radius 3 is 1.42 bits per heavy atom. The van der Waals surface area contributed by atoms with Gasteiger partial charge in [0.15, 0.2) is 6.10 Å². The first-order valence-electron chi connectivity index (χ1n) is 21.1. The number of nitrogens with zero attached hydrogens (tertiary/aromatic N) is 1. The number of likely N-dealkylation sites (N-methyl/N-ethyl adjacent to an activating group) is 1. The van der Waals surface area contributed by atoms with Gasteiger partial charge in [-0.25, -0.2) is 4.57 Å². The summed E-state index contributed by atoms with van der Waals surface area (Å²) in [7, 11) is 1.47. The van der Waals surface area contributed by atoms with Crippen LogP contribution >= 0.6 is 7.82 Å². The van der Waals surface area contributed by atoms with E-state index in [-0.39, 0.29) is 32.0 Å². The number of ether oxygens (including phenoxy) is 2. The van der Waals surface area contributed by atoms with E-state index in [9.17, 15) is 19.0 Å². The third-order valence-corrected chi connectivity index (χ3v) is 9.94. The van der Waals surface area contributed by atoms with Gasteiger partial charge in [-0.1, -0.05) is 128 Å². The van der Waals surface area contributed by atoms with Gasteiger partial charge in [0.25, 0.3) is 0 Å². The van der Waals surface area contributed by atoms with Gasteiger partial charge in [0, 0.05) is 12.8 Å². The van der Waals surface area contributed by atoms with Crippen molar-refractivity contribution in [2.75, 3.05) is 47.5 Å². The number of hydrogen-bond acceptors (Lipinski definition) is 7. The fourth-order valence-corrected chi connectivity index (χ4v) is 6.33. The van der Waals surface area contributed by atoms with Crippen LogP contribution in [0.3, 0.4) is 0 Å². The molecule has 306 valence electrons. The molecule has 0 aromatic carbocycles. The molecule has 10 heteroatoms. The first-order valence-corrected chi connectivity index (χ1v) is 22.6. The smallest absolute Gasteiger partial charge is 0.462 e. The van der Waals surface area contributed by atoms with Gasteiger partial charge in [-0.2, -0.15) is 0 Å². The van der Waals surface area contributed by atoms with Crippen LogP contribution in [-0.4, -0.2) is 74.9 Å². The number of rotatable bonds is 38. The highest BCUT2D eigenvalue weighted by Crippen LogP contribution is 2.43. The van der Waals surface area contributed by atoms with Gasteiger partial charge >= 0.3 is 19.8 Å². The summed E-state index contributed by atoms with van der Waals surface area (Å²) in [4.78, 5) is 35.3. The lowest BCUT2D eigenvalue weighted by Crippen LogP contribution is -2.37. The molecule has 0 amide bonds. The minimum absolute atomic E-state index is 0.0305. The van der Waals surface area contributed by atoms with Gasteiger partial charge in [0.2, 0.25) is 0 Å². The number of quaternary nitrogens is 1. The van der Waals surface area contributed by atoms with Crippen molar-refractivity contribution < 1.29 is 42.1 Å². The summed E-state index contributed by atoms with van der Waals surface area (Å²) in [5.74, 6) is -0.811. The predicted molar refractivity (Wildman–Crippen MR) is 215 cm³/mol. The Labute approximate surface area is 319 Å². The van der Waals surface area contributed by atoms with Crippen molar-refractivity contribution in [1.29, 1.82) is 0 Å². The highest BCUT2D eigenvalue weighted by molar-refractivity contribution is 7.47. The van der Waals surface area contributed by atoms with Crippen LogP contribution in [-0.2, 0) is 32.7 Å². The molecular weight excluding hydrogens is 677 g/mol. The monoisotopic (exact) mass is 759 g/mol. The Bertz CT molecular complexity index is 949. The van der Waals surface area contributed by atoms with Crippen LogP contribution in [0.25, 0.3) is 0 Å². The van der Waals surface area contributed by atoms with Gasteiger partial charge in [-0.15, -0.1) is 0 Å². The van der Waals surface area contributed by atoms with E-state index in [0.717, 1.165) is 57.8 Å². The van der Waals surface area contributed by atoms with E-state index in [4.69, 9.17) is 18.5 Å². The molecule has 2 unspecified atom stereocenters. The minimum Gasteiger partial charge on any atom is -0.462 e. The van der Waals surface area contributed by atoms with E-state index in [1.54, 1.807) is 0 Å². The number of carbonyl (C=O) groups is 2. The molecule has 0 saturated heterocycles. The summed E-state index contributed by atoms with van der Waals surface area (Å²) in [6.45, 7) is 4.38. The third-order valence-electron chi connectivity index (χ3n) is 8.95. The average molecular weight is 759 g/mol. The normalized spacial score (nSPS) is 13.9. The number of phosphoric ester groups is 1. The summed E-state index contributed by atoms with van der Waals surface area (Å²) in [6, 6.07) is 0. The average Bonchev–Trinajstić information content (AvgIpc) is 3.09. The summed E-state index contributed by atoms with van der Waals surface area (Å²) >= 11 is 0. The molecule has 0 saturated carbocycles. The number of carbonyl (C=O) groups excluding carboxylic acids is 2. The van der Waals surface area contributed by atoms with Crippen LogP contribution in [0.5, 0.6) is 0 Å². The first-order chi connectivity index (χ1) is 25.0. The topological polar surface area (TPSA) is 108 Å². The molecule has 52 heavy (non-hydrogen) atoms. The van der Waals surface area contributed by atoms with Crippen molar-refractivity contribution in [3.05, 3.63) is 24.3 Å². The van der Waals surface area contributed by atoms with E-state index in [1.165, 1.54) is 89.9 Å². The molecule has 0 spiro atoms. The van der Waals surface area contributed by atoms with E-state index < -0.39 is 26.5 Å². The zero-order valence-electron chi connectivity index (χ0n) is 34.3. The second-order valence-electron chi connectivity index (χ2n) is 15.4. The Morgan fingerprint density at radius 2 is 0.981 bits per heavy atom. The van der Waals surface area contributed by atoms with Gasteiger partial charge in [-0.3, -0.25) is 18.6 Å². The summed E-state index contributed by atoms with van der Waals surface area (Å²) < 4.78 is 34.2. The SMILES string of the molecule is CCCCCC/C=C/CCCCCCCCC(=O)OCC(COP(=O)(O)OCC[N+](C)(C)C)OC(=O)CCCCCCCC/C=C/CCCCCC. The molecule has 0 aliphatic carbocycles. The van der Waals surface area contributed by atoms with E-state index in [0.29, 0.717) is 17.4 Å². The molecule has 1 N–H and O–H groups in total. The van der Waals surface area contributed by atoms with Crippen molar-refractivity contribution in [3.8, 4) is 0 Å². The first kappa shape index (κ1) is 50.5. The Hall–Kier alpha value is -1.51. The van der Waals surface area contributed by atoms with Crippen molar-refractivity contribution in [1.82, 2.24) is 0 Å². The van der Waals surface area contributed by atoms with Crippen molar-refractivity contribution >= 4 is 19.8 Å². The lowest BCUT2D eigenvalue weighted by atomic mass is 10.1. The van der Waals surface area contributed by atoms with Gasteiger partial charge < -0.3 is 18.9 Å². The third kappa shape index (κ3) is 38.2. The van der Waals surface area contributed by atoms with E-state index >= 15 is 0 Å². The Kier molecular flexibility index (Phi) is 34.2. The maximum Gasteiger partial charge on any atom is 0.472 e. The molecule has 0 bridgehead atoms. The lowest BCUT2D eigenvalue weighted by Gasteiger charge is -2.24. The highest BCUT2D eigenvalue weighted by Gasteiger charge is 2.27. The number of hydrogen-bond donors (Lipinski definition) is 1. The van der Waals surface area contributed by atoms with Gasteiger partial charge in [-0.05, 0) is 64.2 Å². The molecule has 0 radical (unpaired) electrons. The van der Waals surface area contributed by atoms with Gasteiger partial charge in [0.1, 0.15) is 19.8 Å². The molecule has 0 aromatic heterocycles. The summed E-state index contributed by atoms with van der Waals surface area (Å²) in [5.41, 5.74) is 0. The van der Waals surface area contributed by atoms with Crippen LogP contribution in [0.1, 0.15) is 181 Å². The van der Waals surface area contributed by atoms with Crippen LogP contribution < -0.4 is 0 Å². The molecule has 0 aliphatic rings. The zero-order chi connectivity index (χ0) is 38.6. The molecule has 9 nitrogen and oxygen atoms in total. The number of unbranched alkanes of at least 4 members (excludes halogenated alkanes) is 20. The molecule has 0 heterocycles. The minimum atomic E-state index is -4.37. The standard InChI is InChI=1S/C42H80NO8P/c1-6-8-10-12-14-16-18-20-22-24-26-28-30-32-34-41(44)48-38-40(39-50-52(46,47)49-37-36-43(3,4)5)51-42(45)35-33-31-29-27-25-23-21-19-17-15-13-11-9-7-2/h16-19,40H,6-15,20-39H2,1-5H3/p+1/b18-16+,19-17+. The van der Waals surface area contributed by atoms with Crippen molar-refractivity contribution in [2.24, 2.45) is 0 Å². The van der Waals surface area contributed by atoms with Crippen molar-refractivity contribution in [2.45, 2.75) is 187 Å². The Balaban J connectivity index is 4.40. The highest BCUT2D eigenvalue weighted by atomic mass is 31.2. The lowest BCUT2D eigenvalue weighted by molar-refractivity contribution is -0.870. The number of esters is 2. The second kappa shape index (κ2) is 35.2. The maximum absolute atomic E-state index is 12.6. The predicted octanol–water partition coefficient (Wildman–Crippen LogP) is 11.6. The van der Waals surface area contributed by atoms with Crippen molar-refractivity contribution in [3.63, 3.8) is 0 Å². The summed E-state index contributed by atoms with van der Waals surface area (Å²) in [5, 5.41) is 0. The van der Waals surface area contributed by atoms with E-state index in [2.05, 4.69) is 38.2 Å². The van der Waals surface area contributed by atoms with Crippen LogP contribution in [0.4, 0.5) is 0 Å². The summed E-state index contributed by atoms with van der Waals surface area (Å²) in [6.07, 6.45) is 36.4. The number of phosphoric acid groups is 1. The van der Waals surface area contributed by atoms with Crippen LogP contribution in [0.15, 0.2) is 24.3 Å². The molecular formula is C42H81NO8P+.